The molecule has 0 aliphatic carbocycles. The van der Waals surface area contributed by atoms with E-state index in [9.17, 15) is 0 Å². The van der Waals surface area contributed by atoms with Crippen molar-refractivity contribution in [3.05, 3.63) is 12.3 Å². The minimum atomic E-state index is -2.43. The molecule has 0 unspecified atom stereocenters. The van der Waals surface area contributed by atoms with Gasteiger partial charge in [0.15, 0.2) is 6.19 Å². The van der Waals surface area contributed by atoms with Crippen LogP contribution in [0.4, 0.5) is 0 Å². The van der Waals surface area contributed by atoms with Crippen molar-refractivity contribution in [2.45, 2.75) is 0 Å². The van der Waals surface area contributed by atoms with Crippen LogP contribution in [0.5, 0.6) is 0 Å². The van der Waals surface area contributed by atoms with Crippen LogP contribution in [0.2, 0.25) is 0 Å². The van der Waals surface area contributed by atoms with Gasteiger partial charge in [0.2, 0.25) is 0 Å². The zero-order valence-electron chi connectivity index (χ0n) is 7.53. The minimum Gasteiger partial charge on any atom is -0.374 e. The van der Waals surface area contributed by atoms with Gasteiger partial charge in [0.1, 0.15) is 0 Å². The van der Waals surface area contributed by atoms with Crippen molar-refractivity contribution in [2.24, 2.45) is 5.73 Å². The molecule has 0 saturated carbocycles. The van der Waals surface area contributed by atoms with Gasteiger partial charge < -0.3 is 19.0 Å². The maximum absolute atomic E-state index is 7.10. The molecule has 70 valence electrons. The van der Waals surface area contributed by atoms with Gasteiger partial charge in [-0.2, -0.15) is 5.26 Å². The maximum Gasteiger partial charge on any atom is 0.528 e. The van der Waals surface area contributed by atoms with Gasteiger partial charge in [-0.25, -0.2) is 0 Å². The average Bonchev–Trinajstić information content (AvgIpc) is 2.11. The smallest absolute Gasteiger partial charge is 0.374 e. The summed E-state index contributed by atoms with van der Waals surface area (Å²) in [5.74, 6) is 0. The summed E-state index contributed by atoms with van der Waals surface area (Å²) in [5.41, 5.74) is 5.73. The lowest BCUT2D eigenvalue weighted by Gasteiger charge is -2.19. The SMILES string of the molecule is C=C[Si](OC)(OC)OC.N#CN. The van der Waals surface area contributed by atoms with Crippen LogP contribution in [-0.4, -0.2) is 30.1 Å². The first kappa shape index (κ1) is 13.7. The third-order valence-electron chi connectivity index (χ3n) is 1.10. The molecule has 5 nitrogen and oxygen atoms in total. The molecular formula is C6H14N2O3Si. The predicted molar refractivity (Wildman–Crippen MR) is 46.8 cm³/mol. The molecular weight excluding hydrogens is 176 g/mol. The largest absolute Gasteiger partial charge is 0.528 e. The Bertz CT molecular complexity index is 145. The zero-order chi connectivity index (χ0) is 10.0. The molecule has 0 fully saturated rings. The van der Waals surface area contributed by atoms with E-state index >= 15 is 0 Å². The van der Waals surface area contributed by atoms with Gasteiger partial charge in [0.25, 0.3) is 0 Å². The fourth-order valence-corrected chi connectivity index (χ4v) is 1.50. The lowest BCUT2D eigenvalue weighted by Crippen LogP contribution is -2.40. The van der Waals surface area contributed by atoms with Crippen molar-refractivity contribution >= 4 is 8.80 Å². The lowest BCUT2D eigenvalue weighted by molar-refractivity contribution is 0.138. The zero-order valence-corrected chi connectivity index (χ0v) is 8.53. The quantitative estimate of drug-likeness (QED) is 0.384. The molecule has 0 atom stereocenters. The van der Waals surface area contributed by atoms with Crippen LogP contribution in [0.1, 0.15) is 0 Å². The normalized spacial score (nSPS) is 9.17. The Morgan fingerprint density at radius 2 is 1.58 bits per heavy atom. The molecule has 12 heavy (non-hydrogen) atoms. The van der Waals surface area contributed by atoms with Crippen molar-refractivity contribution in [3.8, 4) is 6.19 Å². The predicted octanol–water partition coefficient (Wildman–Crippen LogP) is 0.0159. The minimum absolute atomic E-state index is 1.25. The number of nitrogens with zero attached hydrogens (tertiary/aromatic N) is 1. The van der Waals surface area contributed by atoms with Crippen molar-refractivity contribution in [1.29, 1.82) is 5.26 Å². The summed E-state index contributed by atoms with van der Waals surface area (Å²) in [5, 5.41) is 7.10. The standard InChI is InChI=1S/C5H12O3Si.CH2N2/c1-5-9(6-2,7-3)8-4;2-1-3/h5H,1H2,2-4H3;2H2. The van der Waals surface area contributed by atoms with Crippen LogP contribution in [0.15, 0.2) is 12.3 Å². The van der Waals surface area contributed by atoms with Crippen molar-refractivity contribution in [2.75, 3.05) is 21.3 Å². The third-order valence-corrected chi connectivity index (χ3v) is 3.31. The first-order valence-electron chi connectivity index (χ1n) is 3.05. The molecule has 0 radical (unpaired) electrons. The van der Waals surface area contributed by atoms with E-state index in [1.807, 2.05) is 0 Å². The molecule has 0 aliphatic heterocycles. The average molecular weight is 190 g/mol. The highest BCUT2D eigenvalue weighted by molar-refractivity contribution is 6.66. The van der Waals surface area contributed by atoms with E-state index in [4.69, 9.17) is 18.5 Å². The Balaban J connectivity index is 0. The van der Waals surface area contributed by atoms with E-state index in [1.165, 1.54) is 6.19 Å². The summed E-state index contributed by atoms with van der Waals surface area (Å²) in [6, 6.07) is 0. The van der Waals surface area contributed by atoms with E-state index in [-0.39, 0.29) is 0 Å². The number of rotatable bonds is 4. The van der Waals surface area contributed by atoms with Crippen molar-refractivity contribution in [1.82, 2.24) is 0 Å². The first-order valence-corrected chi connectivity index (χ1v) is 4.85. The Morgan fingerprint density at radius 1 is 1.33 bits per heavy atom. The highest BCUT2D eigenvalue weighted by atomic mass is 28.4. The second kappa shape index (κ2) is 8.23. The van der Waals surface area contributed by atoms with E-state index in [2.05, 4.69) is 12.3 Å². The van der Waals surface area contributed by atoms with Crippen LogP contribution in [0, 0.1) is 11.5 Å². The summed E-state index contributed by atoms with van der Waals surface area (Å²) in [4.78, 5) is 0. The van der Waals surface area contributed by atoms with Gasteiger partial charge in [0, 0.05) is 21.3 Å². The fourth-order valence-electron chi connectivity index (χ4n) is 0.500. The molecule has 6 heteroatoms. The molecule has 2 N–H and O–H groups in total. The molecule has 0 spiro atoms. The summed E-state index contributed by atoms with van der Waals surface area (Å²) >= 11 is 0. The molecule has 0 heterocycles. The Kier molecular flexibility index (Phi) is 9.39. The van der Waals surface area contributed by atoms with Crippen LogP contribution in [-0.2, 0) is 13.3 Å². The third kappa shape index (κ3) is 4.87. The molecule has 0 aromatic carbocycles. The Labute approximate surface area is 73.7 Å². The molecule has 0 rings (SSSR count). The Hall–Kier alpha value is -0.873. The van der Waals surface area contributed by atoms with Crippen LogP contribution in [0.25, 0.3) is 0 Å². The maximum atomic E-state index is 7.10. The highest BCUT2D eigenvalue weighted by Crippen LogP contribution is 2.04. The van der Waals surface area contributed by atoms with Gasteiger partial charge in [-0.05, 0) is 5.70 Å². The van der Waals surface area contributed by atoms with Crippen LogP contribution in [0.3, 0.4) is 0 Å². The summed E-state index contributed by atoms with van der Waals surface area (Å²) in [7, 11) is 2.20. The van der Waals surface area contributed by atoms with E-state index < -0.39 is 8.80 Å². The molecule has 0 aromatic rings. The van der Waals surface area contributed by atoms with Gasteiger partial charge in [-0.1, -0.05) is 6.58 Å². The lowest BCUT2D eigenvalue weighted by atomic mass is 11.3. The molecule has 0 aromatic heterocycles. The molecule has 0 bridgehead atoms. The van der Waals surface area contributed by atoms with Crippen molar-refractivity contribution in [3.63, 3.8) is 0 Å². The number of nitriles is 1. The van der Waals surface area contributed by atoms with E-state index in [1.54, 1.807) is 27.0 Å². The van der Waals surface area contributed by atoms with Crippen LogP contribution >= 0.6 is 0 Å². The molecule has 0 aliphatic rings. The second-order valence-corrected chi connectivity index (χ2v) is 4.39. The number of hydrogen-bond acceptors (Lipinski definition) is 5. The highest BCUT2D eigenvalue weighted by Gasteiger charge is 2.33. The van der Waals surface area contributed by atoms with Crippen LogP contribution < -0.4 is 5.73 Å². The van der Waals surface area contributed by atoms with Gasteiger partial charge in [0.05, 0.1) is 0 Å². The van der Waals surface area contributed by atoms with E-state index in [0.29, 0.717) is 0 Å². The van der Waals surface area contributed by atoms with E-state index in [0.717, 1.165) is 0 Å². The second-order valence-electron chi connectivity index (χ2n) is 1.55. The topological polar surface area (TPSA) is 77.5 Å². The van der Waals surface area contributed by atoms with Gasteiger partial charge in [-0.3, -0.25) is 0 Å². The Morgan fingerprint density at radius 3 is 1.58 bits per heavy atom. The summed E-state index contributed by atoms with van der Waals surface area (Å²) < 4.78 is 14.9. The van der Waals surface area contributed by atoms with Gasteiger partial charge in [-0.15, -0.1) is 0 Å². The van der Waals surface area contributed by atoms with Gasteiger partial charge >= 0.3 is 8.80 Å². The number of nitrogens with two attached hydrogens (primary N) is 1. The van der Waals surface area contributed by atoms with Crippen molar-refractivity contribution < 1.29 is 13.3 Å². The monoisotopic (exact) mass is 190 g/mol. The number of hydrogen-bond donors (Lipinski definition) is 1. The first-order chi connectivity index (χ1) is 5.66. The molecule has 0 saturated heterocycles. The fraction of sp³-hybridized carbons (Fsp3) is 0.500. The molecule has 0 amide bonds. The summed E-state index contributed by atoms with van der Waals surface area (Å²) in [6.07, 6.45) is 1.25. The summed E-state index contributed by atoms with van der Waals surface area (Å²) in [6.45, 7) is 3.53.